The van der Waals surface area contributed by atoms with Crippen LogP contribution < -0.4 is 5.32 Å². The molecule has 2 aliphatic rings. The van der Waals surface area contributed by atoms with Gasteiger partial charge in [-0.05, 0) is 18.9 Å². The van der Waals surface area contributed by atoms with E-state index in [2.05, 4.69) is 20.7 Å². The lowest BCUT2D eigenvalue weighted by atomic mass is 9.99. The number of carbonyl (C=O) groups excluding carboxylic acids is 1. The number of rotatable bonds is 4. The summed E-state index contributed by atoms with van der Waals surface area (Å²) < 4.78 is 14.8. The number of aromatic nitrogens is 5. The molecule has 2 aliphatic heterocycles. The van der Waals surface area contributed by atoms with Crippen LogP contribution in [0.4, 0.5) is 0 Å². The highest BCUT2D eigenvalue weighted by Gasteiger charge is 2.27. The van der Waals surface area contributed by atoms with Crippen molar-refractivity contribution in [3.05, 3.63) is 18.0 Å². The topological polar surface area (TPSA) is 96.1 Å². The predicted octanol–water partition coefficient (Wildman–Crippen LogP) is 0.120. The third-order valence-corrected chi connectivity index (χ3v) is 4.83. The van der Waals surface area contributed by atoms with Crippen LogP contribution in [0.3, 0.4) is 0 Å². The fourth-order valence-corrected chi connectivity index (χ4v) is 3.31. The maximum absolute atomic E-state index is 12.2. The Morgan fingerprint density at radius 2 is 2.24 bits per heavy atom. The first-order chi connectivity index (χ1) is 12.2. The number of ether oxygens (including phenoxy) is 2. The van der Waals surface area contributed by atoms with Crippen molar-refractivity contribution in [1.82, 2.24) is 30.1 Å². The lowest BCUT2D eigenvalue weighted by molar-refractivity contribution is -0.128. The van der Waals surface area contributed by atoms with E-state index in [9.17, 15) is 4.79 Å². The van der Waals surface area contributed by atoms with Gasteiger partial charge in [-0.25, -0.2) is 4.68 Å². The molecule has 0 saturated carbocycles. The number of amides is 1. The van der Waals surface area contributed by atoms with E-state index >= 15 is 0 Å². The highest BCUT2D eigenvalue weighted by atomic mass is 16.5. The molecule has 1 fully saturated rings. The summed E-state index contributed by atoms with van der Waals surface area (Å²) in [6, 6.07) is 1.91. The van der Waals surface area contributed by atoms with Gasteiger partial charge in [-0.15, -0.1) is 5.10 Å². The molecule has 2 aromatic heterocycles. The first-order valence-electron chi connectivity index (χ1n) is 8.60. The molecule has 0 aromatic carbocycles. The normalized spacial score (nSPS) is 21.1. The third kappa shape index (κ3) is 3.29. The van der Waals surface area contributed by atoms with Crippen LogP contribution in [0.5, 0.6) is 0 Å². The molecule has 4 heterocycles. The molecule has 4 rings (SSSR count). The fourth-order valence-electron chi connectivity index (χ4n) is 3.31. The average Bonchev–Trinajstić information content (AvgIpc) is 3.25. The van der Waals surface area contributed by atoms with E-state index < -0.39 is 0 Å². The van der Waals surface area contributed by atoms with Crippen molar-refractivity contribution in [2.75, 3.05) is 19.8 Å². The molecule has 0 bridgehead atoms. The lowest BCUT2D eigenvalue weighted by Gasteiger charge is -2.26. The van der Waals surface area contributed by atoms with E-state index in [1.165, 1.54) is 0 Å². The van der Waals surface area contributed by atoms with Crippen LogP contribution in [0.15, 0.2) is 12.3 Å². The molecule has 0 radical (unpaired) electrons. The van der Waals surface area contributed by atoms with Gasteiger partial charge in [0.1, 0.15) is 5.69 Å². The van der Waals surface area contributed by atoms with Crippen LogP contribution >= 0.6 is 0 Å². The van der Waals surface area contributed by atoms with Crippen molar-refractivity contribution in [1.29, 1.82) is 0 Å². The smallest absolute Gasteiger partial charge is 0.223 e. The molecule has 0 spiro atoms. The van der Waals surface area contributed by atoms with E-state index in [1.807, 2.05) is 17.8 Å². The summed E-state index contributed by atoms with van der Waals surface area (Å²) in [7, 11) is 1.87. The summed E-state index contributed by atoms with van der Waals surface area (Å²) in [4.78, 5) is 12.2. The first kappa shape index (κ1) is 16.2. The molecule has 134 valence electrons. The first-order valence-corrected chi connectivity index (χ1v) is 8.60. The monoisotopic (exact) mass is 346 g/mol. The van der Waals surface area contributed by atoms with Crippen molar-refractivity contribution in [3.63, 3.8) is 0 Å². The number of aryl methyl sites for hydroxylation is 1. The van der Waals surface area contributed by atoms with Gasteiger partial charge >= 0.3 is 0 Å². The van der Waals surface area contributed by atoms with Gasteiger partial charge in [0.05, 0.1) is 30.6 Å². The number of nitrogens with one attached hydrogen (secondary N) is 1. The number of carbonyl (C=O) groups is 1. The van der Waals surface area contributed by atoms with Crippen LogP contribution in [0, 0.1) is 5.92 Å². The predicted molar refractivity (Wildman–Crippen MR) is 87.4 cm³/mol. The van der Waals surface area contributed by atoms with Gasteiger partial charge in [0.2, 0.25) is 5.91 Å². The molecule has 9 heteroatoms. The number of nitrogens with zero attached hydrogens (tertiary/aromatic N) is 5. The Hall–Kier alpha value is -2.26. The molecule has 1 amide bonds. The van der Waals surface area contributed by atoms with E-state index in [1.54, 1.807) is 10.9 Å². The van der Waals surface area contributed by atoms with Crippen LogP contribution in [0.25, 0.3) is 11.4 Å². The van der Waals surface area contributed by atoms with Gasteiger partial charge in [0.15, 0.2) is 0 Å². The van der Waals surface area contributed by atoms with E-state index in [4.69, 9.17) is 9.47 Å². The SMILES string of the molecule is Cn1nccc1-c1nnn2c1COC(CNC(=O)C1CCOCC1)C2. The maximum atomic E-state index is 12.2. The lowest BCUT2D eigenvalue weighted by Crippen LogP contribution is -2.42. The average molecular weight is 346 g/mol. The van der Waals surface area contributed by atoms with Crippen molar-refractivity contribution in [2.45, 2.75) is 32.1 Å². The van der Waals surface area contributed by atoms with E-state index in [-0.39, 0.29) is 17.9 Å². The quantitative estimate of drug-likeness (QED) is 0.845. The molecule has 25 heavy (non-hydrogen) atoms. The van der Waals surface area contributed by atoms with Crippen molar-refractivity contribution in [3.8, 4) is 11.4 Å². The molecule has 0 aliphatic carbocycles. The Balaban J connectivity index is 1.36. The molecular formula is C16H22N6O3. The Morgan fingerprint density at radius 1 is 1.40 bits per heavy atom. The zero-order chi connectivity index (χ0) is 17.2. The zero-order valence-electron chi connectivity index (χ0n) is 14.2. The molecule has 1 saturated heterocycles. The van der Waals surface area contributed by atoms with Crippen molar-refractivity contribution in [2.24, 2.45) is 13.0 Å². The second kappa shape index (κ2) is 6.93. The second-order valence-corrected chi connectivity index (χ2v) is 6.47. The van der Waals surface area contributed by atoms with Crippen molar-refractivity contribution < 1.29 is 14.3 Å². The van der Waals surface area contributed by atoms with Gasteiger partial charge in [-0.2, -0.15) is 5.10 Å². The molecule has 1 unspecified atom stereocenters. The number of hydrogen-bond donors (Lipinski definition) is 1. The van der Waals surface area contributed by atoms with E-state index in [0.29, 0.717) is 32.9 Å². The van der Waals surface area contributed by atoms with Gasteiger partial charge in [0.25, 0.3) is 0 Å². The maximum Gasteiger partial charge on any atom is 0.223 e. The number of fused-ring (bicyclic) bond motifs is 1. The zero-order valence-corrected chi connectivity index (χ0v) is 14.2. The largest absolute Gasteiger partial charge is 0.381 e. The molecular weight excluding hydrogens is 324 g/mol. The Kier molecular flexibility index (Phi) is 4.50. The summed E-state index contributed by atoms with van der Waals surface area (Å²) in [5.74, 6) is 0.141. The van der Waals surface area contributed by atoms with Crippen LogP contribution in [-0.4, -0.2) is 56.5 Å². The Labute approximate surface area is 145 Å². The summed E-state index contributed by atoms with van der Waals surface area (Å²) in [6.45, 7) is 2.81. The van der Waals surface area contributed by atoms with Gasteiger partial charge in [0, 0.05) is 38.9 Å². The molecule has 1 N–H and O–H groups in total. The summed E-state index contributed by atoms with van der Waals surface area (Å²) in [5, 5.41) is 15.7. The third-order valence-electron chi connectivity index (χ3n) is 4.83. The van der Waals surface area contributed by atoms with Gasteiger partial charge in [-0.3, -0.25) is 9.48 Å². The van der Waals surface area contributed by atoms with E-state index in [0.717, 1.165) is 29.9 Å². The van der Waals surface area contributed by atoms with Crippen LogP contribution in [-0.2, 0) is 34.5 Å². The molecule has 1 atom stereocenters. The molecule has 2 aromatic rings. The van der Waals surface area contributed by atoms with Crippen LogP contribution in [0.2, 0.25) is 0 Å². The standard InChI is InChI=1S/C16H22N6O3/c1-21-13(2-5-18-21)15-14-10-25-12(9-22(14)20-19-15)8-17-16(23)11-3-6-24-7-4-11/h2,5,11-12H,3-4,6-10H2,1H3,(H,17,23). The fraction of sp³-hybridized carbons (Fsp3) is 0.625. The van der Waals surface area contributed by atoms with Gasteiger partial charge < -0.3 is 14.8 Å². The van der Waals surface area contributed by atoms with Gasteiger partial charge in [-0.1, -0.05) is 5.21 Å². The minimum Gasteiger partial charge on any atom is -0.381 e. The Morgan fingerprint density at radius 3 is 3.00 bits per heavy atom. The number of hydrogen-bond acceptors (Lipinski definition) is 6. The molecule has 9 nitrogen and oxygen atoms in total. The van der Waals surface area contributed by atoms with Crippen LogP contribution in [0.1, 0.15) is 18.5 Å². The summed E-state index contributed by atoms with van der Waals surface area (Å²) in [5.41, 5.74) is 2.65. The minimum absolute atomic E-state index is 0.0516. The Bertz CT molecular complexity index is 749. The summed E-state index contributed by atoms with van der Waals surface area (Å²) in [6.07, 6.45) is 3.22. The second-order valence-electron chi connectivity index (χ2n) is 6.47. The summed E-state index contributed by atoms with van der Waals surface area (Å²) >= 11 is 0. The minimum atomic E-state index is -0.0997. The highest BCUT2D eigenvalue weighted by molar-refractivity contribution is 5.78. The highest BCUT2D eigenvalue weighted by Crippen LogP contribution is 2.24. The van der Waals surface area contributed by atoms with Crippen molar-refractivity contribution >= 4 is 5.91 Å².